The highest BCUT2D eigenvalue weighted by Gasteiger charge is 2.24. The van der Waals surface area contributed by atoms with Gasteiger partial charge in [-0.15, -0.1) is 12.4 Å². The number of hydrogen-bond acceptors (Lipinski definition) is 2. The summed E-state index contributed by atoms with van der Waals surface area (Å²) < 4.78 is 2.55. The number of halogens is 1. The minimum atomic E-state index is 0. The molecule has 3 aromatic rings. The number of fused-ring (bicyclic) bond motifs is 2. The molecule has 3 nitrogen and oxygen atoms in total. The van der Waals surface area contributed by atoms with Crippen LogP contribution in [0, 0.1) is 19.8 Å². The molecule has 142 valence electrons. The van der Waals surface area contributed by atoms with Crippen molar-refractivity contribution >= 4 is 29.1 Å². The number of aryl methyl sites for hydroxylation is 1. The quantitative estimate of drug-likeness (QED) is 0.602. The lowest BCUT2D eigenvalue weighted by Gasteiger charge is -2.30. The highest BCUT2D eigenvalue weighted by Crippen LogP contribution is 2.36. The molecule has 1 fully saturated rings. The predicted molar refractivity (Wildman–Crippen MR) is 115 cm³/mol. The summed E-state index contributed by atoms with van der Waals surface area (Å²) in [6, 6.07) is 11.1. The number of hydrogen-bond donors (Lipinski definition) is 0. The number of benzene rings is 1. The van der Waals surface area contributed by atoms with Gasteiger partial charge in [0.05, 0.1) is 5.52 Å². The molecule has 0 saturated heterocycles. The first kappa shape index (κ1) is 18.4. The Kier molecular flexibility index (Phi) is 4.90. The zero-order valence-corrected chi connectivity index (χ0v) is 17.1. The molecule has 1 saturated carbocycles. The highest BCUT2D eigenvalue weighted by atomic mass is 35.5. The Bertz CT molecular complexity index is 971. The van der Waals surface area contributed by atoms with E-state index in [9.17, 15) is 0 Å². The minimum Gasteiger partial charge on any atom is -0.351 e. The van der Waals surface area contributed by atoms with Crippen molar-refractivity contribution in [3.05, 3.63) is 58.9 Å². The summed E-state index contributed by atoms with van der Waals surface area (Å²) in [7, 11) is 0. The van der Waals surface area contributed by atoms with Crippen molar-refractivity contribution in [3.63, 3.8) is 0 Å². The van der Waals surface area contributed by atoms with Gasteiger partial charge in [0.25, 0.3) is 0 Å². The molecule has 1 aliphatic carbocycles. The van der Waals surface area contributed by atoms with Crippen molar-refractivity contribution in [3.8, 4) is 0 Å². The van der Waals surface area contributed by atoms with Gasteiger partial charge in [-0.2, -0.15) is 0 Å². The molecule has 2 aliphatic rings. The lowest BCUT2D eigenvalue weighted by Crippen LogP contribution is -2.31. The largest absolute Gasteiger partial charge is 0.351 e. The van der Waals surface area contributed by atoms with E-state index in [1.54, 1.807) is 0 Å². The van der Waals surface area contributed by atoms with Crippen molar-refractivity contribution in [1.82, 2.24) is 9.55 Å². The fourth-order valence-electron chi connectivity index (χ4n) is 4.67. The van der Waals surface area contributed by atoms with Crippen molar-refractivity contribution < 1.29 is 0 Å². The minimum absolute atomic E-state index is 0. The van der Waals surface area contributed by atoms with Crippen molar-refractivity contribution in [2.75, 3.05) is 11.4 Å². The summed E-state index contributed by atoms with van der Waals surface area (Å²) in [5.41, 5.74) is 7.13. The third-order valence-corrected chi connectivity index (χ3v) is 6.62. The monoisotopic (exact) mass is 381 g/mol. The van der Waals surface area contributed by atoms with Crippen molar-refractivity contribution in [1.29, 1.82) is 0 Å². The SMILES string of the molecule is Cc1c(C)n(CC2CCC2)c2ccnc(N3CCc4ccccc4C3)c12.Cl. The van der Waals surface area contributed by atoms with Crippen molar-refractivity contribution in [2.24, 2.45) is 5.92 Å². The van der Waals surface area contributed by atoms with Gasteiger partial charge in [-0.1, -0.05) is 30.7 Å². The Morgan fingerprint density at radius 1 is 1.07 bits per heavy atom. The third kappa shape index (κ3) is 3.02. The number of rotatable bonds is 3. The van der Waals surface area contributed by atoms with Crippen LogP contribution in [0.5, 0.6) is 0 Å². The molecule has 0 bridgehead atoms. The molecule has 0 amide bonds. The first-order valence-corrected chi connectivity index (χ1v) is 9.98. The van der Waals surface area contributed by atoms with Gasteiger partial charge in [0.2, 0.25) is 0 Å². The Balaban J connectivity index is 0.00000180. The smallest absolute Gasteiger partial charge is 0.138 e. The number of pyridine rings is 1. The molecule has 0 radical (unpaired) electrons. The maximum Gasteiger partial charge on any atom is 0.138 e. The van der Waals surface area contributed by atoms with E-state index in [1.807, 2.05) is 6.20 Å². The van der Waals surface area contributed by atoms with E-state index in [2.05, 4.69) is 53.6 Å². The summed E-state index contributed by atoms with van der Waals surface area (Å²) in [4.78, 5) is 7.32. The summed E-state index contributed by atoms with van der Waals surface area (Å²) in [6.07, 6.45) is 7.29. The summed E-state index contributed by atoms with van der Waals surface area (Å²) in [6.45, 7) is 7.74. The van der Waals surface area contributed by atoms with Crippen LogP contribution in [0.3, 0.4) is 0 Å². The molecule has 3 heterocycles. The van der Waals surface area contributed by atoms with E-state index in [1.165, 1.54) is 64.9 Å². The molecule has 0 unspecified atom stereocenters. The fourth-order valence-corrected chi connectivity index (χ4v) is 4.67. The van der Waals surface area contributed by atoms with Crippen LogP contribution < -0.4 is 4.90 Å². The first-order valence-electron chi connectivity index (χ1n) is 9.98. The van der Waals surface area contributed by atoms with Crippen LogP contribution in [0.2, 0.25) is 0 Å². The lowest BCUT2D eigenvalue weighted by atomic mass is 9.85. The first-order chi connectivity index (χ1) is 12.7. The second kappa shape index (κ2) is 7.20. The molecule has 0 N–H and O–H groups in total. The Labute approximate surface area is 167 Å². The Morgan fingerprint density at radius 3 is 2.59 bits per heavy atom. The Morgan fingerprint density at radius 2 is 1.85 bits per heavy atom. The summed E-state index contributed by atoms with van der Waals surface area (Å²) in [5, 5.41) is 1.36. The van der Waals surface area contributed by atoms with Gasteiger partial charge < -0.3 is 9.47 Å². The zero-order valence-electron chi connectivity index (χ0n) is 16.2. The van der Waals surface area contributed by atoms with E-state index in [-0.39, 0.29) is 12.4 Å². The highest BCUT2D eigenvalue weighted by molar-refractivity contribution is 5.95. The molecule has 4 heteroatoms. The Hall–Kier alpha value is -2.00. The van der Waals surface area contributed by atoms with Gasteiger partial charge >= 0.3 is 0 Å². The molecule has 1 aromatic carbocycles. The lowest BCUT2D eigenvalue weighted by molar-refractivity contribution is 0.278. The standard InChI is InChI=1S/C23H27N3.ClH/c1-16-17(2)26(14-18-6-5-7-18)21-10-12-24-23(22(16)21)25-13-11-19-8-3-4-9-20(19)15-25;/h3-4,8-10,12,18H,5-7,11,13-15H2,1-2H3;1H. The molecule has 2 aromatic heterocycles. The van der Waals surface area contributed by atoms with Gasteiger partial charge in [-0.3, -0.25) is 0 Å². The average Bonchev–Trinajstić information content (AvgIpc) is 2.88. The topological polar surface area (TPSA) is 21.1 Å². The maximum atomic E-state index is 4.84. The molecular weight excluding hydrogens is 354 g/mol. The molecule has 1 aliphatic heterocycles. The van der Waals surface area contributed by atoms with E-state index in [0.29, 0.717) is 0 Å². The van der Waals surface area contributed by atoms with Crippen LogP contribution in [0.15, 0.2) is 36.5 Å². The van der Waals surface area contributed by atoms with Gasteiger partial charge in [-0.25, -0.2) is 4.98 Å². The van der Waals surface area contributed by atoms with Gasteiger partial charge in [-0.05, 0) is 61.8 Å². The number of anilines is 1. The van der Waals surface area contributed by atoms with Gasteiger partial charge in [0.1, 0.15) is 5.82 Å². The number of aromatic nitrogens is 2. The van der Waals surface area contributed by atoms with Crippen LogP contribution in [0.1, 0.15) is 41.6 Å². The van der Waals surface area contributed by atoms with Crippen LogP contribution >= 0.6 is 12.4 Å². The molecule has 0 spiro atoms. The molecular formula is C23H28ClN3. The van der Waals surface area contributed by atoms with Crippen LogP contribution in [-0.2, 0) is 19.5 Å². The summed E-state index contributed by atoms with van der Waals surface area (Å²) >= 11 is 0. The predicted octanol–water partition coefficient (Wildman–Crippen LogP) is 5.44. The van der Waals surface area contributed by atoms with Crippen LogP contribution in [0.4, 0.5) is 5.82 Å². The molecule has 0 atom stereocenters. The third-order valence-electron chi connectivity index (χ3n) is 6.62. The number of nitrogens with zero attached hydrogens (tertiary/aromatic N) is 3. The van der Waals surface area contributed by atoms with Crippen molar-refractivity contribution in [2.45, 2.75) is 52.6 Å². The summed E-state index contributed by atoms with van der Waals surface area (Å²) in [5.74, 6) is 2.03. The molecule has 5 rings (SSSR count). The van der Waals surface area contributed by atoms with Crippen LogP contribution in [0.25, 0.3) is 10.9 Å². The average molecular weight is 382 g/mol. The van der Waals surface area contributed by atoms with Gasteiger partial charge in [0.15, 0.2) is 0 Å². The van der Waals surface area contributed by atoms with E-state index in [4.69, 9.17) is 4.98 Å². The second-order valence-corrected chi connectivity index (χ2v) is 8.09. The fraction of sp³-hybridized carbons (Fsp3) is 0.435. The molecule has 27 heavy (non-hydrogen) atoms. The maximum absolute atomic E-state index is 4.84. The van der Waals surface area contributed by atoms with E-state index < -0.39 is 0 Å². The zero-order chi connectivity index (χ0) is 17.7. The van der Waals surface area contributed by atoms with Crippen LogP contribution in [-0.4, -0.2) is 16.1 Å². The van der Waals surface area contributed by atoms with E-state index in [0.717, 1.165) is 25.4 Å². The normalized spacial score (nSPS) is 16.7. The second-order valence-electron chi connectivity index (χ2n) is 8.09. The van der Waals surface area contributed by atoms with Gasteiger partial charge in [0, 0.05) is 36.9 Å². The van der Waals surface area contributed by atoms with E-state index >= 15 is 0 Å².